The number of ether oxygens (including phenoxy) is 6. The van der Waals surface area contributed by atoms with Gasteiger partial charge < -0.3 is 33.7 Å². The molecule has 16 nitrogen and oxygen atoms in total. The van der Waals surface area contributed by atoms with E-state index < -0.39 is 83.1 Å². The Hall–Kier alpha value is -5.67. The summed E-state index contributed by atoms with van der Waals surface area (Å²) in [6.07, 6.45) is -3.73. The van der Waals surface area contributed by atoms with E-state index in [0.29, 0.717) is 16.4 Å². The Balaban J connectivity index is 1.66. The Bertz CT molecular complexity index is 1950. The number of amides is 5. The van der Waals surface area contributed by atoms with Crippen LogP contribution in [0.25, 0.3) is 0 Å². The molecular formula is C41H53N3O13. The van der Waals surface area contributed by atoms with Crippen LogP contribution in [0.4, 0.5) is 15.3 Å². The average Bonchev–Trinajstić information content (AvgIpc) is 3.41. The van der Waals surface area contributed by atoms with E-state index in [2.05, 4.69) is 5.32 Å². The van der Waals surface area contributed by atoms with Gasteiger partial charge in [0.05, 0.1) is 31.0 Å². The quantitative estimate of drug-likeness (QED) is 0.137. The number of nitrogens with zero attached hydrogens (tertiary/aromatic N) is 2. The molecule has 0 saturated carbocycles. The van der Waals surface area contributed by atoms with E-state index in [1.54, 1.807) is 53.9 Å². The summed E-state index contributed by atoms with van der Waals surface area (Å²) < 4.78 is 33.8. The monoisotopic (exact) mass is 795 g/mol. The number of cyclic esters (lactones) is 2. The van der Waals surface area contributed by atoms with Gasteiger partial charge in [0.15, 0.2) is 29.1 Å². The van der Waals surface area contributed by atoms with Gasteiger partial charge in [-0.1, -0.05) is 41.5 Å². The number of Topliss-reactive ketones (excluding diaryl/α,β-unsaturated/α-hetero) is 1. The Kier molecular flexibility index (Phi) is 12.4. The third-order valence-electron chi connectivity index (χ3n) is 9.01. The van der Waals surface area contributed by atoms with Gasteiger partial charge in [-0.15, -0.1) is 0 Å². The minimum Gasteiger partial charge on any atom is -0.497 e. The highest BCUT2D eigenvalue weighted by Crippen LogP contribution is 2.36. The highest BCUT2D eigenvalue weighted by Gasteiger charge is 2.55. The lowest BCUT2D eigenvalue weighted by Gasteiger charge is -2.29. The molecule has 2 fully saturated rings. The number of carbonyl (C=O) groups excluding carboxylic acids is 7. The zero-order valence-electron chi connectivity index (χ0n) is 34.8. The van der Waals surface area contributed by atoms with Crippen LogP contribution in [0.5, 0.6) is 17.2 Å². The number of anilines is 1. The van der Waals surface area contributed by atoms with Crippen LogP contribution in [-0.2, 0) is 38.8 Å². The zero-order valence-corrected chi connectivity index (χ0v) is 34.8. The molecule has 0 spiro atoms. The van der Waals surface area contributed by atoms with Gasteiger partial charge in [0, 0.05) is 11.0 Å². The summed E-state index contributed by atoms with van der Waals surface area (Å²) in [6, 6.07) is 7.31. The van der Waals surface area contributed by atoms with E-state index in [0.717, 1.165) is 10.5 Å². The van der Waals surface area contributed by atoms with Gasteiger partial charge in [-0.05, 0) is 83.4 Å². The summed E-state index contributed by atoms with van der Waals surface area (Å²) in [6.45, 7) is 18.9. The molecule has 5 amide bonds. The molecule has 2 aromatic rings. The average molecular weight is 796 g/mol. The molecule has 2 aliphatic heterocycles. The number of methoxy groups -OCH3 is 1. The van der Waals surface area contributed by atoms with E-state index in [1.165, 1.54) is 45.9 Å². The van der Waals surface area contributed by atoms with Crippen molar-refractivity contribution in [2.75, 3.05) is 25.6 Å². The summed E-state index contributed by atoms with van der Waals surface area (Å²) in [5, 5.41) is 2.59. The molecule has 2 saturated heterocycles. The number of hydrogen-bond donors (Lipinski definition) is 1. The molecule has 2 atom stereocenters. The van der Waals surface area contributed by atoms with Gasteiger partial charge in [-0.2, -0.15) is 0 Å². The van der Waals surface area contributed by atoms with Crippen LogP contribution in [0.15, 0.2) is 36.4 Å². The Morgan fingerprint density at radius 1 is 0.825 bits per heavy atom. The van der Waals surface area contributed by atoms with Gasteiger partial charge in [0.2, 0.25) is 0 Å². The molecular weight excluding hydrogens is 742 g/mol. The topological polar surface area (TPSA) is 193 Å². The van der Waals surface area contributed by atoms with Gasteiger partial charge >= 0.3 is 18.2 Å². The number of rotatable bonds is 14. The van der Waals surface area contributed by atoms with Gasteiger partial charge in [-0.25, -0.2) is 24.2 Å². The molecule has 1 N–H and O–H groups in total. The summed E-state index contributed by atoms with van der Waals surface area (Å²) in [5.74, 6) is -3.07. The van der Waals surface area contributed by atoms with Crippen LogP contribution in [0, 0.1) is 5.41 Å². The first kappa shape index (κ1) is 44.0. The first-order valence-electron chi connectivity index (χ1n) is 18.5. The van der Waals surface area contributed by atoms with Crippen molar-refractivity contribution in [1.82, 2.24) is 9.80 Å². The normalized spacial score (nSPS) is 17.5. The van der Waals surface area contributed by atoms with Crippen LogP contribution < -0.4 is 19.5 Å². The van der Waals surface area contributed by atoms with Crippen molar-refractivity contribution in [3.05, 3.63) is 47.5 Å². The summed E-state index contributed by atoms with van der Waals surface area (Å²) in [5.41, 5.74) is -3.83. The second-order valence-electron chi connectivity index (χ2n) is 17.2. The number of ketones is 1. The van der Waals surface area contributed by atoms with Crippen molar-refractivity contribution < 1.29 is 62.0 Å². The van der Waals surface area contributed by atoms with E-state index in [4.69, 9.17) is 28.4 Å². The van der Waals surface area contributed by atoms with E-state index >= 15 is 0 Å². The molecule has 0 aliphatic carbocycles. The molecule has 0 bridgehead atoms. The predicted octanol–water partition coefficient (Wildman–Crippen LogP) is 5.82. The fourth-order valence-corrected chi connectivity index (χ4v) is 5.94. The maximum atomic E-state index is 13.9. The number of carbonyl (C=O) groups is 7. The number of esters is 1. The second kappa shape index (κ2) is 16.1. The van der Waals surface area contributed by atoms with Crippen molar-refractivity contribution >= 4 is 47.3 Å². The summed E-state index contributed by atoms with van der Waals surface area (Å²) in [4.78, 5) is 94.6. The zero-order chi connectivity index (χ0) is 43.0. The van der Waals surface area contributed by atoms with Gasteiger partial charge in [0.25, 0.3) is 17.7 Å². The van der Waals surface area contributed by atoms with E-state index in [1.807, 2.05) is 26.8 Å². The summed E-state index contributed by atoms with van der Waals surface area (Å²) in [7, 11) is 1.54. The molecule has 0 radical (unpaired) electrons. The molecule has 2 aliphatic rings. The number of imide groups is 2. The molecule has 2 aromatic carbocycles. The molecule has 16 heteroatoms. The first-order chi connectivity index (χ1) is 26.2. The second-order valence-corrected chi connectivity index (χ2v) is 17.2. The van der Waals surface area contributed by atoms with Gasteiger partial charge in [0.1, 0.15) is 23.9 Å². The number of benzene rings is 2. The first-order valence-corrected chi connectivity index (χ1v) is 18.5. The Labute approximate surface area is 332 Å². The lowest BCUT2D eigenvalue weighted by Crippen LogP contribution is -2.55. The van der Waals surface area contributed by atoms with Crippen LogP contribution >= 0.6 is 0 Å². The maximum Gasteiger partial charge on any atom is 0.418 e. The standard InChI is InChI=1S/C41H53N3O13/c1-22(2)54-29-18-23(14-16-27(29)42-32(46)30(31(45)39(6,7)8)44-35(49)41(11,12)57-37(44)51)33(47)55-25(20-43-34(48)40(9,10)56-36(43)50)21-53-28-17-15-24(52-13)19-26(28)38(3,4)5/h14-19,22,25,30H,20-21H2,1-13H3,(H,42,46). The fourth-order valence-electron chi connectivity index (χ4n) is 5.94. The third kappa shape index (κ3) is 9.84. The van der Waals surface area contributed by atoms with Gasteiger partial charge in [-0.3, -0.25) is 19.2 Å². The highest BCUT2D eigenvalue weighted by atomic mass is 16.6. The minimum absolute atomic E-state index is 0.00804. The van der Waals surface area contributed by atoms with Crippen molar-refractivity contribution in [3.63, 3.8) is 0 Å². The summed E-state index contributed by atoms with van der Waals surface area (Å²) >= 11 is 0. The predicted molar refractivity (Wildman–Crippen MR) is 205 cm³/mol. The van der Waals surface area contributed by atoms with Crippen LogP contribution in [0.3, 0.4) is 0 Å². The van der Waals surface area contributed by atoms with E-state index in [-0.39, 0.29) is 29.0 Å². The maximum absolute atomic E-state index is 13.9. The smallest absolute Gasteiger partial charge is 0.418 e. The lowest BCUT2D eigenvalue weighted by molar-refractivity contribution is -0.145. The van der Waals surface area contributed by atoms with Crippen molar-refractivity contribution in [3.8, 4) is 17.2 Å². The number of nitrogens with one attached hydrogen (secondary N) is 1. The number of hydrogen-bond acceptors (Lipinski definition) is 13. The molecule has 310 valence electrons. The SMILES string of the molecule is COc1ccc(OCC(CN2C(=O)OC(C)(C)C2=O)OC(=O)c2ccc(NC(=O)C(C(=O)C(C)(C)C)N3C(=O)OC(C)(C)C3=O)c(OC(C)C)c2)c(C(C)(C)C)c1. The molecule has 0 aromatic heterocycles. The molecule has 2 unspecified atom stereocenters. The van der Waals surface area contributed by atoms with Crippen LogP contribution in [0.1, 0.15) is 99.0 Å². The molecule has 57 heavy (non-hydrogen) atoms. The van der Waals surface area contributed by atoms with Crippen molar-refractivity contribution in [1.29, 1.82) is 0 Å². The minimum atomic E-state index is -1.89. The van der Waals surface area contributed by atoms with E-state index in [9.17, 15) is 33.6 Å². The largest absolute Gasteiger partial charge is 0.497 e. The van der Waals surface area contributed by atoms with Crippen molar-refractivity contribution in [2.24, 2.45) is 5.41 Å². The Morgan fingerprint density at radius 3 is 1.95 bits per heavy atom. The molecule has 4 rings (SSSR count). The third-order valence-corrected chi connectivity index (χ3v) is 9.01. The lowest BCUT2D eigenvalue weighted by atomic mass is 9.85. The van der Waals surface area contributed by atoms with Crippen LogP contribution in [-0.4, -0.2) is 101 Å². The Morgan fingerprint density at radius 2 is 1.44 bits per heavy atom. The van der Waals surface area contributed by atoms with Crippen molar-refractivity contribution in [2.45, 2.75) is 118 Å². The highest BCUT2D eigenvalue weighted by molar-refractivity contribution is 6.19. The fraction of sp³-hybridized carbons (Fsp3) is 0.537. The molecule has 2 heterocycles. The van der Waals surface area contributed by atoms with Crippen LogP contribution in [0.2, 0.25) is 0 Å².